The van der Waals surface area contributed by atoms with Gasteiger partial charge in [0, 0.05) is 19.0 Å². The number of fused-ring (bicyclic) bond motifs is 1. The predicted octanol–water partition coefficient (Wildman–Crippen LogP) is 3.45. The fraction of sp³-hybridized carbons (Fsp3) is 0.588. The summed E-state index contributed by atoms with van der Waals surface area (Å²) in [7, 11) is 3.45. The second-order valence-corrected chi connectivity index (χ2v) is 8.93. The van der Waals surface area contributed by atoms with Gasteiger partial charge in [0.15, 0.2) is 5.16 Å². The molecular formula is C17H25N3O2S2. The minimum absolute atomic E-state index is 0.00238. The van der Waals surface area contributed by atoms with E-state index in [0.717, 1.165) is 28.1 Å². The van der Waals surface area contributed by atoms with Gasteiger partial charge in [0.2, 0.25) is 5.91 Å². The molecule has 2 aromatic heterocycles. The van der Waals surface area contributed by atoms with Crippen molar-refractivity contribution < 1.29 is 4.79 Å². The molecule has 1 N–H and O–H groups in total. The van der Waals surface area contributed by atoms with E-state index in [1.54, 1.807) is 30.3 Å². The summed E-state index contributed by atoms with van der Waals surface area (Å²) in [6.45, 7) is 8.23. The van der Waals surface area contributed by atoms with E-state index in [2.05, 4.69) is 30.7 Å². The smallest absolute Gasteiger partial charge is 0.260 e. The van der Waals surface area contributed by atoms with Gasteiger partial charge in [-0.1, -0.05) is 32.0 Å². The molecule has 7 heteroatoms. The Morgan fingerprint density at radius 1 is 1.38 bits per heavy atom. The van der Waals surface area contributed by atoms with Crippen molar-refractivity contribution in [3.8, 4) is 0 Å². The van der Waals surface area contributed by atoms with Crippen molar-refractivity contribution in [3.05, 3.63) is 20.8 Å². The molecule has 0 aliphatic rings. The van der Waals surface area contributed by atoms with Crippen LogP contribution in [0.1, 0.15) is 37.6 Å². The first-order chi connectivity index (χ1) is 11.2. The van der Waals surface area contributed by atoms with Gasteiger partial charge in [-0.25, -0.2) is 4.98 Å². The van der Waals surface area contributed by atoms with Gasteiger partial charge in [0.25, 0.3) is 5.56 Å². The number of hydrogen-bond donors (Lipinski definition) is 1. The van der Waals surface area contributed by atoms with E-state index >= 15 is 0 Å². The van der Waals surface area contributed by atoms with Crippen molar-refractivity contribution in [1.29, 1.82) is 0 Å². The largest absolute Gasteiger partial charge is 0.348 e. The second kappa shape index (κ2) is 7.70. The van der Waals surface area contributed by atoms with E-state index in [-0.39, 0.29) is 16.7 Å². The lowest BCUT2D eigenvalue weighted by molar-refractivity contribution is -0.127. The number of hydrogen-bond acceptors (Lipinski definition) is 5. The normalized spacial score (nSPS) is 13.9. The van der Waals surface area contributed by atoms with Crippen molar-refractivity contribution >= 4 is 39.2 Å². The molecule has 0 fully saturated rings. The third-order valence-corrected chi connectivity index (χ3v) is 6.18. The number of aryl methyl sites for hydroxylation is 1. The van der Waals surface area contributed by atoms with Crippen LogP contribution in [-0.4, -0.2) is 40.1 Å². The Morgan fingerprint density at radius 3 is 2.62 bits per heavy atom. The molecule has 0 aromatic carbocycles. The Hall–Kier alpha value is -1.34. The van der Waals surface area contributed by atoms with Crippen LogP contribution in [0.5, 0.6) is 0 Å². The highest BCUT2D eigenvalue weighted by Crippen LogP contribution is 2.31. The minimum Gasteiger partial charge on any atom is -0.348 e. The average Bonchev–Trinajstić information content (AvgIpc) is 2.82. The summed E-state index contributed by atoms with van der Waals surface area (Å²) >= 11 is 2.85. The van der Waals surface area contributed by atoms with E-state index in [1.807, 2.05) is 6.92 Å². The lowest BCUT2D eigenvalue weighted by Gasteiger charge is -2.15. The van der Waals surface area contributed by atoms with Crippen LogP contribution >= 0.6 is 23.1 Å². The molecular weight excluding hydrogens is 342 g/mol. The van der Waals surface area contributed by atoms with E-state index in [1.165, 1.54) is 11.8 Å². The summed E-state index contributed by atoms with van der Waals surface area (Å²) in [4.78, 5) is 35.5. The Balaban J connectivity index is 2.38. The van der Waals surface area contributed by atoms with Crippen LogP contribution < -0.4 is 5.56 Å². The molecule has 0 bridgehead atoms. The van der Waals surface area contributed by atoms with Crippen LogP contribution in [0.25, 0.3) is 10.2 Å². The highest BCUT2D eigenvalue weighted by molar-refractivity contribution is 8.00. The van der Waals surface area contributed by atoms with E-state index < -0.39 is 0 Å². The van der Waals surface area contributed by atoms with Gasteiger partial charge in [-0.3, -0.25) is 9.59 Å². The van der Waals surface area contributed by atoms with Gasteiger partial charge < -0.3 is 9.88 Å². The lowest BCUT2D eigenvalue weighted by Crippen LogP contribution is -2.30. The molecule has 0 aliphatic heterocycles. The van der Waals surface area contributed by atoms with Gasteiger partial charge in [-0.2, -0.15) is 0 Å². The Bertz CT molecular complexity index is 795. The predicted molar refractivity (Wildman–Crippen MR) is 102 cm³/mol. The van der Waals surface area contributed by atoms with Crippen molar-refractivity contribution in [1.82, 2.24) is 14.9 Å². The van der Waals surface area contributed by atoms with Crippen LogP contribution in [0.4, 0.5) is 0 Å². The van der Waals surface area contributed by atoms with Gasteiger partial charge in [-0.15, -0.1) is 11.3 Å². The fourth-order valence-electron chi connectivity index (χ4n) is 2.53. The zero-order valence-electron chi connectivity index (χ0n) is 15.1. The van der Waals surface area contributed by atoms with Crippen LogP contribution in [0.15, 0.2) is 9.95 Å². The van der Waals surface area contributed by atoms with Crippen molar-refractivity contribution in [2.75, 3.05) is 14.1 Å². The second-order valence-electron chi connectivity index (χ2n) is 6.40. The molecule has 5 nitrogen and oxygen atoms in total. The molecule has 24 heavy (non-hydrogen) atoms. The Kier molecular flexibility index (Phi) is 6.09. The number of aromatic amines is 1. The summed E-state index contributed by atoms with van der Waals surface area (Å²) in [6.07, 6.45) is 1.98. The molecule has 0 unspecified atom stereocenters. The van der Waals surface area contributed by atoms with Crippen molar-refractivity contribution in [3.63, 3.8) is 0 Å². The molecule has 132 valence electrons. The standard InChI is InChI=1S/C17H25N3O2S2/c1-7-9(2)8-12-10(3)23-15-13(12)14(21)18-17(19-15)24-11(4)16(22)20(5)6/h9,11H,7-8H2,1-6H3,(H,18,19,21)/t9-,11-/m0/s1. The molecule has 0 saturated heterocycles. The summed E-state index contributed by atoms with van der Waals surface area (Å²) in [5, 5.41) is 0.932. The zero-order valence-corrected chi connectivity index (χ0v) is 16.7. The lowest BCUT2D eigenvalue weighted by atomic mass is 9.98. The molecule has 1 amide bonds. The zero-order chi connectivity index (χ0) is 18.0. The quantitative estimate of drug-likeness (QED) is 0.627. The third kappa shape index (κ3) is 4.00. The maximum absolute atomic E-state index is 12.6. The van der Waals surface area contributed by atoms with Gasteiger partial charge >= 0.3 is 0 Å². The summed E-state index contributed by atoms with van der Waals surface area (Å²) < 4.78 is 0. The molecule has 0 saturated carbocycles. The fourth-order valence-corrected chi connectivity index (χ4v) is 4.58. The number of amides is 1. The molecule has 2 rings (SSSR count). The maximum Gasteiger partial charge on any atom is 0.260 e. The van der Waals surface area contributed by atoms with Crippen molar-refractivity contribution in [2.24, 2.45) is 5.92 Å². The van der Waals surface area contributed by atoms with E-state index in [4.69, 9.17) is 0 Å². The van der Waals surface area contributed by atoms with Gasteiger partial charge in [0.05, 0.1) is 10.6 Å². The SMILES string of the molecule is CC[C@H](C)Cc1c(C)sc2nc(S[C@@H](C)C(=O)N(C)C)[nH]c(=O)c12. The molecule has 2 atom stereocenters. The molecule has 0 spiro atoms. The molecule has 2 heterocycles. The van der Waals surface area contributed by atoms with Gasteiger partial charge in [-0.05, 0) is 31.7 Å². The number of rotatable bonds is 6. The number of nitrogens with zero attached hydrogens (tertiary/aromatic N) is 2. The first-order valence-corrected chi connectivity index (χ1v) is 9.84. The maximum atomic E-state index is 12.6. The number of thiophene rings is 1. The Labute approximate surface area is 150 Å². The number of H-pyrrole nitrogens is 1. The first kappa shape index (κ1) is 19.0. The van der Waals surface area contributed by atoms with Crippen molar-refractivity contribution in [2.45, 2.75) is 50.9 Å². The highest BCUT2D eigenvalue weighted by atomic mass is 32.2. The highest BCUT2D eigenvalue weighted by Gasteiger charge is 2.20. The molecule has 0 radical (unpaired) electrons. The number of thioether (sulfide) groups is 1. The summed E-state index contributed by atoms with van der Waals surface area (Å²) in [5.41, 5.74) is 1.02. The number of carbonyl (C=O) groups excluding carboxylic acids is 1. The molecule has 2 aromatic rings. The number of nitrogens with one attached hydrogen (secondary N) is 1. The van der Waals surface area contributed by atoms with Gasteiger partial charge in [0.1, 0.15) is 4.83 Å². The molecule has 0 aliphatic carbocycles. The topological polar surface area (TPSA) is 66.1 Å². The van der Waals surface area contributed by atoms with E-state index in [0.29, 0.717) is 16.5 Å². The van der Waals surface area contributed by atoms with Crippen LogP contribution in [-0.2, 0) is 11.2 Å². The number of aromatic nitrogens is 2. The van der Waals surface area contributed by atoms with Crippen LogP contribution in [0, 0.1) is 12.8 Å². The monoisotopic (exact) mass is 367 g/mol. The summed E-state index contributed by atoms with van der Waals surface area (Å²) in [5.74, 6) is 0.537. The van der Waals surface area contributed by atoms with Crippen LogP contribution in [0.2, 0.25) is 0 Å². The van der Waals surface area contributed by atoms with Crippen LogP contribution in [0.3, 0.4) is 0 Å². The first-order valence-electron chi connectivity index (χ1n) is 8.14. The minimum atomic E-state index is -0.291. The Morgan fingerprint density at radius 2 is 2.04 bits per heavy atom. The average molecular weight is 368 g/mol. The summed E-state index contributed by atoms with van der Waals surface area (Å²) in [6, 6.07) is 0. The van der Waals surface area contributed by atoms with E-state index in [9.17, 15) is 9.59 Å². The number of carbonyl (C=O) groups is 1. The third-order valence-electron chi connectivity index (χ3n) is 4.17.